The number of amides is 1. The predicted molar refractivity (Wildman–Crippen MR) is 91.4 cm³/mol. The number of rotatable bonds is 4. The Kier molecular flexibility index (Phi) is 4.76. The van der Waals surface area contributed by atoms with Gasteiger partial charge in [-0.25, -0.2) is 0 Å². The molecule has 3 heterocycles. The first-order valence-corrected chi connectivity index (χ1v) is 8.06. The third kappa shape index (κ3) is 3.71. The smallest absolute Gasteiger partial charge is 0.250 e. The molecule has 0 saturated carbocycles. The average molecular weight is 326 g/mol. The van der Waals surface area contributed by atoms with Gasteiger partial charge in [-0.3, -0.25) is 19.5 Å². The first-order chi connectivity index (χ1) is 11.5. The summed E-state index contributed by atoms with van der Waals surface area (Å²) in [5, 5.41) is 0. The number of hydrogen-bond acceptors (Lipinski definition) is 4. The fourth-order valence-corrected chi connectivity index (χ4v) is 3.04. The molecule has 2 aromatic heterocycles. The van der Waals surface area contributed by atoms with Gasteiger partial charge in [0.15, 0.2) is 0 Å². The van der Waals surface area contributed by atoms with E-state index in [0.717, 1.165) is 23.1 Å². The summed E-state index contributed by atoms with van der Waals surface area (Å²) < 4.78 is 1.57. The number of likely N-dealkylation sites (N-methyl/N-ethyl adjacent to an activating group) is 1. The van der Waals surface area contributed by atoms with Crippen molar-refractivity contribution in [2.24, 2.45) is 7.05 Å². The number of nitrogens with zero attached hydrogens (tertiary/aromatic N) is 4. The van der Waals surface area contributed by atoms with E-state index in [2.05, 4.69) is 4.98 Å². The molecule has 24 heavy (non-hydrogen) atoms. The molecule has 0 spiro atoms. The van der Waals surface area contributed by atoms with Crippen LogP contribution in [0.5, 0.6) is 0 Å². The lowest BCUT2D eigenvalue weighted by Gasteiger charge is -2.30. The molecule has 6 heteroatoms. The summed E-state index contributed by atoms with van der Waals surface area (Å²) in [5.74, 6) is 0.117. The van der Waals surface area contributed by atoms with E-state index in [1.807, 2.05) is 35.2 Å². The monoisotopic (exact) mass is 326 g/mol. The number of fused-ring (bicyclic) bond motifs is 1. The van der Waals surface area contributed by atoms with Crippen molar-refractivity contribution in [2.45, 2.75) is 19.5 Å². The van der Waals surface area contributed by atoms with Gasteiger partial charge in [0.2, 0.25) is 5.91 Å². The number of aryl methyl sites for hydroxylation is 1. The highest BCUT2D eigenvalue weighted by Gasteiger charge is 2.22. The summed E-state index contributed by atoms with van der Waals surface area (Å²) in [6.45, 7) is 2.34. The molecule has 0 aromatic carbocycles. The van der Waals surface area contributed by atoms with Gasteiger partial charge in [-0.15, -0.1) is 0 Å². The molecule has 0 atom stereocenters. The van der Waals surface area contributed by atoms with Crippen LogP contribution in [0.3, 0.4) is 0 Å². The van der Waals surface area contributed by atoms with E-state index in [0.29, 0.717) is 26.2 Å². The van der Waals surface area contributed by atoms with E-state index in [4.69, 9.17) is 0 Å². The van der Waals surface area contributed by atoms with Crippen molar-refractivity contribution in [1.82, 2.24) is 19.4 Å². The van der Waals surface area contributed by atoms with Crippen molar-refractivity contribution in [3.05, 3.63) is 63.8 Å². The van der Waals surface area contributed by atoms with Gasteiger partial charge < -0.3 is 9.47 Å². The Morgan fingerprint density at radius 3 is 2.79 bits per heavy atom. The Morgan fingerprint density at radius 1 is 1.29 bits per heavy atom. The van der Waals surface area contributed by atoms with Crippen LogP contribution in [0.2, 0.25) is 0 Å². The fourth-order valence-electron chi connectivity index (χ4n) is 3.04. The van der Waals surface area contributed by atoms with Crippen LogP contribution in [0.4, 0.5) is 0 Å². The minimum atomic E-state index is 0.00520. The molecule has 1 aliphatic heterocycles. The lowest BCUT2D eigenvalue weighted by Crippen LogP contribution is -2.42. The van der Waals surface area contributed by atoms with Gasteiger partial charge in [0.1, 0.15) is 0 Å². The molecule has 6 nitrogen and oxygen atoms in total. The minimum absolute atomic E-state index is 0.00520. The number of aromatic nitrogens is 2. The molecular formula is C18H22N4O2. The molecule has 0 radical (unpaired) electrons. The average Bonchev–Trinajstić information content (AvgIpc) is 2.56. The zero-order valence-corrected chi connectivity index (χ0v) is 14.1. The number of hydrogen-bond donors (Lipinski definition) is 0. The fraction of sp³-hybridized carbons (Fsp3) is 0.389. The first kappa shape index (κ1) is 16.4. The van der Waals surface area contributed by atoms with Gasteiger partial charge in [-0.1, -0.05) is 0 Å². The van der Waals surface area contributed by atoms with Crippen molar-refractivity contribution >= 4 is 5.91 Å². The van der Waals surface area contributed by atoms with Gasteiger partial charge in [-0.05, 0) is 42.3 Å². The van der Waals surface area contributed by atoms with Crippen molar-refractivity contribution in [3.63, 3.8) is 0 Å². The van der Waals surface area contributed by atoms with E-state index < -0.39 is 0 Å². The van der Waals surface area contributed by atoms with Crippen LogP contribution in [0.25, 0.3) is 0 Å². The van der Waals surface area contributed by atoms with E-state index in [1.165, 1.54) is 0 Å². The van der Waals surface area contributed by atoms with Crippen LogP contribution >= 0.6 is 0 Å². The number of carbonyl (C=O) groups excluding carboxylic acids is 1. The summed E-state index contributed by atoms with van der Waals surface area (Å²) >= 11 is 0. The van der Waals surface area contributed by atoms with Crippen molar-refractivity contribution in [3.8, 4) is 0 Å². The predicted octanol–water partition coefficient (Wildman–Crippen LogP) is 0.797. The molecule has 126 valence electrons. The van der Waals surface area contributed by atoms with E-state index in [-0.39, 0.29) is 11.5 Å². The summed E-state index contributed by atoms with van der Waals surface area (Å²) in [6.07, 6.45) is 6.11. The molecule has 3 rings (SSSR count). The van der Waals surface area contributed by atoms with E-state index >= 15 is 0 Å². The minimum Gasteiger partial charge on any atom is -0.337 e. The third-order valence-corrected chi connectivity index (χ3v) is 4.38. The van der Waals surface area contributed by atoms with Gasteiger partial charge in [0.25, 0.3) is 5.56 Å². The molecule has 0 aliphatic carbocycles. The van der Waals surface area contributed by atoms with Crippen molar-refractivity contribution < 1.29 is 4.79 Å². The SMILES string of the molecule is CN(CC(=O)N1CCc2cc(=O)n(C)cc2C1)Cc1ccncc1. The number of carbonyl (C=O) groups is 1. The molecule has 1 amide bonds. The highest BCUT2D eigenvalue weighted by atomic mass is 16.2. The Morgan fingerprint density at radius 2 is 2.04 bits per heavy atom. The second-order valence-electron chi connectivity index (χ2n) is 6.37. The molecule has 1 aliphatic rings. The number of pyridine rings is 2. The second kappa shape index (κ2) is 6.97. The summed E-state index contributed by atoms with van der Waals surface area (Å²) in [7, 11) is 3.69. The zero-order valence-electron chi connectivity index (χ0n) is 14.1. The quantitative estimate of drug-likeness (QED) is 0.834. The highest BCUT2D eigenvalue weighted by molar-refractivity contribution is 5.78. The van der Waals surface area contributed by atoms with Gasteiger partial charge in [-0.2, -0.15) is 0 Å². The molecule has 0 N–H and O–H groups in total. The third-order valence-electron chi connectivity index (χ3n) is 4.38. The normalized spacial score (nSPS) is 13.9. The van der Waals surface area contributed by atoms with E-state index in [1.54, 1.807) is 30.1 Å². The van der Waals surface area contributed by atoms with Crippen LogP contribution in [0.15, 0.2) is 41.6 Å². The molecule has 0 saturated heterocycles. The van der Waals surface area contributed by atoms with E-state index in [9.17, 15) is 9.59 Å². The van der Waals surface area contributed by atoms with Crippen LogP contribution < -0.4 is 5.56 Å². The lowest BCUT2D eigenvalue weighted by atomic mass is 10.0. The Balaban J connectivity index is 1.61. The lowest BCUT2D eigenvalue weighted by molar-refractivity contribution is -0.133. The second-order valence-corrected chi connectivity index (χ2v) is 6.37. The standard InChI is InChI=1S/C18H22N4O2/c1-20(10-14-3-6-19-7-4-14)13-18(24)22-8-5-15-9-17(23)21(2)11-16(15)12-22/h3-4,6-7,9,11H,5,8,10,12-13H2,1-2H3. The van der Waals surface area contributed by atoms with Crippen LogP contribution in [0.1, 0.15) is 16.7 Å². The van der Waals surface area contributed by atoms with Crippen LogP contribution in [-0.4, -0.2) is 45.4 Å². The molecule has 2 aromatic rings. The largest absolute Gasteiger partial charge is 0.337 e. The van der Waals surface area contributed by atoms with Crippen molar-refractivity contribution in [2.75, 3.05) is 20.1 Å². The molecular weight excluding hydrogens is 304 g/mol. The first-order valence-electron chi connectivity index (χ1n) is 8.06. The maximum Gasteiger partial charge on any atom is 0.250 e. The van der Waals surface area contributed by atoms with Gasteiger partial charge >= 0.3 is 0 Å². The maximum absolute atomic E-state index is 12.6. The molecule has 0 unspecified atom stereocenters. The summed E-state index contributed by atoms with van der Waals surface area (Å²) in [4.78, 5) is 32.1. The van der Waals surface area contributed by atoms with Gasteiger partial charge in [0.05, 0.1) is 6.54 Å². The highest BCUT2D eigenvalue weighted by Crippen LogP contribution is 2.17. The molecule has 0 fully saturated rings. The maximum atomic E-state index is 12.6. The van der Waals surface area contributed by atoms with Crippen LogP contribution in [0, 0.1) is 0 Å². The Bertz CT molecular complexity index is 785. The Labute approximate surface area is 141 Å². The van der Waals surface area contributed by atoms with Gasteiger partial charge in [0, 0.05) is 51.3 Å². The Hall–Kier alpha value is -2.47. The summed E-state index contributed by atoms with van der Waals surface area (Å²) in [5.41, 5.74) is 3.27. The zero-order chi connectivity index (χ0) is 17.1. The topological polar surface area (TPSA) is 58.4 Å². The molecule has 0 bridgehead atoms. The summed E-state index contributed by atoms with van der Waals surface area (Å²) in [6, 6.07) is 5.60. The van der Waals surface area contributed by atoms with Crippen LogP contribution in [-0.2, 0) is 31.4 Å². The van der Waals surface area contributed by atoms with Crippen molar-refractivity contribution in [1.29, 1.82) is 0 Å².